The Morgan fingerprint density at radius 2 is 1.83 bits per heavy atom. The Morgan fingerprint density at radius 3 is 2.57 bits per heavy atom. The number of methoxy groups -OCH3 is 1. The molecule has 0 bridgehead atoms. The lowest BCUT2D eigenvalue weighted by molar-refractivity contribution is -0.189. The number of halogens is 4. The molecule has 1 unspecified atom stereocenters. The molecule has 0 saturated carbocycles. The number of H-pyrrole nitrogens is 1. The number of fused-ring (bicyclic) bond motifs is 1. The highest BCUT2D eigenvalue weighted by atomic mass is 35.5. The molecule has 0 radical (unpaired) electrons. The Balaban J connectivity index is 0.00000256. The smallest absolute Gasteiger partial charge is 0.425 e. The number of hydrogen-bond donors (Lipinski definition) is 1. The summed E-state index contributed by atoms with van der Waals surface area (Å²) in [6, 6.07) is 9.86. The summed E-state index contributed by atoms with van der Waals surface area (Å²) in [7, 11) is 1.34. The first-order chi connectivity index (χ1) is 13.8. The summed E-state index contributed by atoms with van der Waals surface area (Å²) in [6.07, 6.45) is -4.87. The third-order valence-electron chi connectivity index (χ3n) is 4.28. The van der Waals surface area contributed by atoms with Crippen LogP contribution in [0.1, 0.15) is 6.92 Å². The van der Waals surface area contributed by atoms with Crippen molar-refractivity contribution in [1.29, 1.82) is 0 Å². The van der Waals surface area contributed by atoms with Gasteiger partial charge in [-0.1, -0.05) is 5.16 Å². The van der Waals surface area contributed by atoms with Crippen LogP contribution in [0.25, 0.3) is 33.9 Å². The Morgan fingerprint density at radius 1 is 1.07 bits per heavy atom. The molecular formula is C19H16ClF3N4O3. The fourth-order valence-corrected chi connectivity index (χ4v) is 2.69. The highest BCUT2D eigenvalue weighted by Crippen LogP contribution is 2.35. The topological polar surface area (TPSA) is 86.1 Å². The molecule has 1 N–H and O–H groups in total. The van der Waals surface area contributed by atoms with Gasteiger partial charge in [-0.2, -0.15) is 18.2 Å². The molecule has 0 aliphatic rings. The van der Waals surface area contributed by atoms with Crippen LogP contribution < -0.4 is 9.47 Å². The fourth-order valence-electron chi connectivity index (χ4n) is 2.69. The lowest BCUT2D eigenvalue weighted by Gasteiger charge is -2.19. The van der Waals surface area contributed by atoms with Gasteiger partial charge >= 0.3 is 6.18 Å². The van der Waals surface area contributed by atoms with Crippen molar-refractivity contribution in [3.8, 4) is 34.3 Å². The van der Waals surface area contributed by atoms with Crippen LogP contribution in [0.4, 0.5) is 13.2 Å². The van der Waals surface area contributed by atoms with Gasteiger partial charge in [-0.15, -0.1) is 12.4 Å². The van der Waals surface area contributed by atoms with Gasteiger partial charge in [-0.25, -0.2) is 4.98 Å². The molecule has 0 spiro atoms. The van der Waals surface area contributed by atoms with Crippen LogP contribution in [0.15, 0.2) is 47.2 Å². The molecule has 4 aromatic rings. The standard InChI is InChI=1S/C19H15F3N4O3.ClH/c1-10(19(20,21)22)28-15-6-4-12(8-16(15)27-2)18-25-17(26-29-18)11-3-5-13-14(7-11)24-9-23-13;/h3-10H,1-2H3,(H,23,24);1H. The van der Waals surface area contributed by atoms with Crippen LogP contribution in [0.5, 0.6) is 11.5 Å². The number of nitrogens with zero attached hydrogens (tertiary/aromatic N) is 3. The second-order valence-corrected chi connectivity index (χ2v) is 6.22. The second-order valence-electron chi connectivity index (χ2n) is 6.22. The van der Waals surface area contributed by atoms with Crippen molar-refractivity contribution in [2.24, 2.45) is 0 Å². The molecule has 1 atom stereocenters. The van der Waals surface area contributed by atoms with Crippen molar-refractivity contribution in [2.45, 2.75) is 19.2 Å². The molecule has 30 heavy (non-hydrogen) atoms. The maximum atomic E-state index is 12.8. The Kier molecular flexibility index (Phi) is 5.88. The normalized spacial score (nSPS) is 12.4. The Bertz CT molecular complexity index is 1160. The van der Waals surface area contributed by atoms with Crippen molar-refractivity contribution in [2.75, 3.05) is 7.11 Å². The summed E-state index contributed by atoms with van der Waals surface area (Å²) < 4.78 is 53.7. The van der Waals surface area contributed by atoms with E-state index in [0.717, 1.165) is 23.5 Å². The zero-order valence-corrected chi connectivity index (χ0v) is 16.5. The van der Waals surface area contributed by atoms with Gasteiger partial charge in [-0.05, 0) is 43.3 Å². The van der Waals surface area contributed by atoms with Gasteiger partial charge in [0.25, 0.3) is 5.89 Å². The molecule has 2 heterocycles. The predicted octanol–water partition coefficient (Wildman–Crippen LogP) is 5.04. The first-order valence-electron chi connectivity index (χ1n) is 8.54. The van der Waals surface area contributed by atoms with Crippen molar-refractivity contribution < 1.29 is 27.2 Å². The number of aromatic nitrogens is 4. The van der Waals surface area contributed by atoms with Crippen LogP contribution in [0.3, 0.4) is 0 Å². The van der Waals surface area contributed by atoms with Gasteiger partial charge in [0.1, 0.15) is 0 Å². The first-order valence-corrected chi connectivity index (χ1v) is 8.54. The van der Waals surface area contributed by atoms with Crippen LogP contribution in [0.2, 0.25) is 0 Å². The summed E-state index contributed by atoms with van der Waals surface area (Å²) in [5.74, 6) is 0.641. The molecule has 4 rings (SSSR count). The third-order valence-corrected chi connectivity index (χ3v) is 4.28. The molecule has 11 heteroatoms. The molecule has 158 valence electrons. The van der Waals surface area contributed by atoms with Gasteiger partial charge in [0.05, 0.1) is 24.5 Å². The number of alkyl halides is 3. The van der Waals surface area contributed by atoms with Crippen LogP contribution in [-0.2, 0) is 0 Å². The number of imidazole rings is 1. The molecule has 0 aliphatic carbocycles. The highest BCUT2D eigenvalue weighted by molar-refractivity contribution is 5.85. The van der Waals surface area contributed by atoms with E-state index in [0.29, 0.717) is 11.4 Å². The fraction of sp³-hybridized carbons (Fsp3) is 0.211. The van der Waals surface area contributed by atoms with E-state index in [4.69, 9.17) is 14.0 Å². The zero-order chi connectivity index (χ0) is 20.6. The zero-order valence-electron chi connectivity index (χ0n) is 15.7. The highest BCUT2D eigenvalue weighted by Gasteiger charge is 2.38. The maximum absolute atomic E-state index is 12.8. The Labute approximate surface area is 174 Å². The third kappa shape index (κ3) is 4.18. The summed E-state index contributed by atoms with van der Waals surface area (Å²) >= 11 is 0. The molecule has 2 aromatic carbocycles. The number of hydrogen-bond acceptors (Lipinski definition) is 6. The van der Waals surface area contributed by atoms with Gasteiger partial charge in [-0.3, -0.25) is 0 Å². The Hall–Kier alpha value is -3.27. The number of ether oxygens (including phenoxy) is 2. The van der Waals surface area contributed by atoms with E-state index in [-0.39, 0.29) is 29.8 Å². The van der Waals surface area contributed by atoms with E-state index in [9.17, 15) is 13.2 Å². The minimum absolute atomic E-state index is 0. The van der Waals surface area contributed by atoms with Crippen molar-refractivity contribution in [3.05, 3.63) is 42.7 Å². The molecule has 0 saturated heterocycles. The number of aromatic amines is 1. The van der Waals surface area contributed by atoms with Crippen molar-refractivity contribution in [3.63, 3.8) is 0 Å². The largest absolute Gasteiger partial charge is 0.493 e. The molecule has 0 amide bonds. The SMILES string of the molecule is COc1cc(-c2nc(-c3ccc4nc[nH]c4c3)no2)ccc1OC(C)C(F)(F)F.Cl. The molecule has 0 aliphatic heterocycles. The lowest BCUT2D eigenvalue weighted by Crippen LogP contribution is -2.31. The van der Waals surface area contributed by atoms with Crippen molar-refractivity contribution in [1.82, 2.24) is 20.1 Å². The maximum Gasteiger partial charge on any atom is 0.425 e. The van der Waals surface area contributed by atoms with Crippen LogP contribution in [-0.4, -0.2) is 39.5 Å². The van der Waals surface area contributed by atoms with E-state index in [1.165, 1.54) is 25.3 Å². The summed E-state index contributed by atoms with van der Waals surface area (Å²) in [5.41, 5.74) is 2.85. The quantitative estimate of drug-likeness (QED) is 0.468. The van der Waals surface area contributed by atoms with Crippen molar-refractivity contribution >= 4 is 23.4 Å². The summed E-state index contributed by atoms with van der Waals surface area (Å²) in [5, 5.41) is 3.97. The average Bonchev–Trinajstić information content (AvgIpc) is 3.36. The summed E-state index contributed by atoms with van der Waals surface area (Å²) in [4.78, 5) is 11.5. The number of benzene rings is 2. The minimum Gasteiger partial charge on any atom is -0.493 e. The van der Waals surface area contributed by atoms with E-state index in [2.05, 4.69) is 20.1 Å². The van der Waals surface area contributed by atoms with Crippen LogP contribution in [0, 0.1) is 0 Å². The number of rotatable bonds is 5. The van der Waals surface area contributed by atoms with E-state index in [1.54, 1.807) is 6.33 Å². The van der Waals surface area contributed by atoms with E-state index in [1.807, 2.05) is 18.2 Å². The van der Waals surface area contributed by atoms with Gasteiger partial charge < -0.3 is 19.0 Å². The average molecular weight is 441 g/mol. The predicted molar refractivity (Wildman–Crippen MR) is 105 cm³/mol. The number of nitrogens with one attached hydrogen (secondary N) is 1. The van der Waals surface area contributed by atoms with E-state index < -0.39 is 12.3 Å². The molecular weight excluding hydrogens is 425 g/mol. The minimum atomic E-state index is -4.49. The second kappa shape index (κ2) is 8.23. The molecule has 0 fully saturated rings. The lowest BCUT2D eigenvalue weighted by atomic mass is 10.2. The molecule has 7 nitrogen and oxygen atoms in total. The molecule has 2 aromatic heterocycles. The van der Waals surface area contributed by atoms with Gasteiger partial charge in [0.2, 0.25) is 5.82 Å². The summed E-state index contributed by atoms with van der Waals surface area (Å²) in [6.45, 7) is 0.925. The first kappa shape index (κ1) is 21.4. The monoisotopic (exact) mass is 440 g/mol. The van der Waals surface area contributed by atoms with Gasteiger partial charge in [0, 0.05) is 11.1 Å². The van der Waals surface area contributed by atoms with Gasteiger partial charge in [0.15, 0.2) is 17.6 Å². The van der Waals surface area contributed by atoms with Crippen LogP contribution >= 0.6 is 12.4 Å². The van der Waals surface area contributed by atoms with E-state index >= 15 is 0 Å².